The van der Waals surface area contributed by atoms with Gasteiger partial charge in [0, 0.05) is 22.9 Å². The number of hydrogen-bond acceptors (Lipinski definition) is 6. The van der Waals surface area contributed by atoms with Crippen LogP contribution in [0.15, 0.2) is 57.1 Å². The van der Waals surface area contributed by atoms with Crippen molar-refractivity contribution in [2.45, 2.75) is 25.0 Å². The van der Waals surface area contributed by atoms with E-state index in [1.54, 1.807) is 18.4 Å². The van der Waals surface area contributed by atoms with Crippen LogP contribution in [0, 0.1) is 6.92 Å². The van der Waals surface area contributed by atoms with E-state index in [1.165, 1.54) is 27.7 Å². The average Bonchev–Trinajstić information content (AvgIpc) is 3.39. The van der Waals surface area contributed by atoms with E-state index in [4.69, 9.17) is 0 Å². The van der Waals surface area contributed by atoms with E-state index in [0.29, 0.717) is 15.4 Å². The number of thiophene rings is 2. The van der Waals surface area contributed by atoms with E-state index < -0.39 is 0 Å². The third-order valence-electron chi connectivity index (χ3n) is 4.93. The van der Waals surface area contributed by atoms with Crippen LogP contribution in [0.5, 0.6) is 0 Å². The monoisotopic (exact) mass is 455 g/mol. The fourth-order valence-corrected chi connectivity index (χ4v) is 5.94. The zero-order valence-corrected chi connectivity index (χ0v) is 19.3. The smallest absolute Gasteiger partial charge is 0.263 e. The number of carbonyl (C=O) groups is 1. The first-order chi connectivity index (χ1) is 14.5. The highest BCUT2D eigenvalue weighted by Gasteiger charge is 2.18. The van der Waals surface area contributed by atoms with E-state index in [1.807, 2.05) is 61.0 Å². The van der Waals surface area contributed by atoms with Gasteiger partial charge in [-0.05, 0) is 36.4 Å². The maximum Gasteiger partial charge on any atom is 0.263 e. The predicted molar refractivity (Wildman–Crippen MR) is 127 cm³/mol. The van der Waals surface area contributed by atoms with Crippen molar-refractivity contribution in [2.75, 3.05) is 5.75 Å². The number of nitrogens with zero attached hydrogens (tertiary/aromatic N) is 2. The fraction of sp³-hybridized carbons (Fsp3) is 0.227. The van der Waals surface area contributed by atoms with Crippen LogP contribution in [0.2, 0.25) is 0 Å². The minimum Gasteiger partial charge on any atom is -0.349 e. The van der Waals surface area contributed by atoms with Gasteiger partial charge in [-0.2, -0.15) is 0 Å². The summed E-state index contributed by atoms with van der Waals surface area (Å²) >= 11 is 4.35. The number of amides is 1. The van der Waals surface area contributed by atoms with Crippen molar-refractivity contribution in [1.29, 1.82) is 0 Å². The molecule has 0 spiro atoms. The molecule has 3 heterocycles. The number of carbonyl (C=O) groups excluding carboxylic acids is 1. The van der Waals surface area contributed by atoms with Crippen molar-refractivity contribution in [1.82, 2.24) is 14.9 Å². The number of aryl methyl sites for hydroxylation is 1. The molecule has 1 unspecified atom stereocenters. The van der Waals surface area contributed by atoms with Crippen LogP contribution in [0.1, 0.15) is 24.1 Å². The Morgan fingerprint density at radius 1 is 1.23 bits per heavy atom. The largest absolute Gasteiger partial charge is 0.349 e. The summed E-state index contributed by atoms with van der Waals surface area (Å²) in [6.45, 7) is 4.01. The number of rotatable bonds is 6. The second-order valence-corrected chi connectivity index (χ2v) is 9.75. The summed E-state index contributed by atoms with van der Waals surface area (Å²) < 4.78 is 1.54. The highest BCUT2D eigenvalue weighted by atomic mass is 32.2. The molecular formula is C22H21N3O2S3. The van der Waals surface area contributed by atoms with Crippen molar-refractivity contribution in [3.63, 3.8) is 0 Å². The molecule has 154 valence electrons. The molecule has 1 atom stereocenters. The molecule has 0 aliphatic carbocycles. The SMILES string of the molecule is Cc1ccccc1C(C)NC(=O)CSc1nc2scc(-c3cccs3)c2c(=O)n1C. The van der Waals surface area contributed by atoms with E-state index in [9.17, 15) is 9.59 Å². The topological polar surface area (TPSA) is 64.0 Å². The van der Waals surface area contributed by atoms with Gasteiger partial charge in [-0.1, -0.05) is 42.1 Å². The quantitative estimate of drug-likeness (QED) is 0.328. The third-order valence-corrected chi connectivity index (χ3v) is 7.73. The van der Waals surface area contributed by atoms with E-state index >= 15 is 0 Å². The van der Waals surface area contributed by atoms with Crippen LogP contribution in [0.25, 0.3) is 20.7 Å². The molecule has 1 N–H and O–H groups in total. The molecule has 0 aliphatic rings. The molecule has 0 fully saturated rings. The van der Waals surface area contributed by atoms with Gasteiger partial charge in [-0.15, -0.1) is 22.7 Å². The highest BCUT2D eigenvalue weighted by molar-refractivity contribution is 7.99. The second-order valence-electron chi connectivity index (χ2n) is 7.00. The first-order valence-electron chi connectivity index (χ1n) is 9.45. The summed E-state index contributed by atoms with van der Waals surface area (Å²) in [7, 11) is 1.71. The molecule has 1 aromatic carbocycles. The maximum absolute atomic E-state index is 13.0. The van der Waals surface area contributed by atoms with E-state index in [0.717, 1.165) is 21.6 Å². The number of nitrogens with one attached hydrogen (secondary N) is 1. The molecule has 4 rings (SSSR count). The Morgan fingerprint density at radius 2 is 2.03 bits per heavy atom. The number of hydrogen-bond donors (Lipinski definition) is 1. The molecule has 0 saturated carbocycles. The van der Waals surface area contributed by atoms with Crippen molar-refractivity contribution >= 4 is 50.6 Å². The molecule has 0 aliphatic heterocycles. The van der Waals surface area contributed by atoms with Crippen LogP contribution in [0.4, 0.5) is 0 Å². The minimum absolute atomic E-state index is 0.0794. The molecule has 1 amide bonds. The molecule has 0 bridgehead atoms. The number of fused-ring (bicyclic) bond motifs is 1. The summed E-state index contributed by atoms with van der Waals surface area (Å²) in [4.78, 5) is 31.9. The van der Waals surface area contributed by atoms with Crippen LogP contribution in [-0.4, -0.2) is 21.2 Å². The summed E-state index contributed by atoms with van der Waals surface area (Å²) in [6, 6.07) is 11.9. The van der Waals surface area contributed by atoms with Crippen LogP contribution < -0.4 is 10.9 Å². The molecule has 3 aromatic heterocycles. The van der Waals surface area contributed by atoms with Crippen molar-refractivity contribution in [3.8, 4) is 10.4 Å². The van der Waals surface area contributed by atoms with Gasteiger partial charge in [-0.3, -0.25) is 14.2 Å². The lowest BCUT2D eigenvalue weighted by atomic mass is 10.0. The van der Waals surface area contributed by atoms with Crippen molar-refractivity contribution in [3.05, 3.63) is 68.6 Å². The van der Waals surface area contributed by atoms with Gasteiger partial charge in [0.1, 0.15) is 4.83 Å². The van der Waals surface area contributed by atoms with Gasteiger partial charge in [-0.25, -0.2) is 4.98 Å². The normalized spacial score (nSPS) is 12.2. The lowest BCUT2D eigenvalue weighted by molar-refractivity contribution is -0.119. The highest BCUT2D eigenvalue weighted by Crippen LogP contribution is 2.34. The second kappa shape index (κ2) is 8.75. The van der Waals surface area contributed by atoms with Gasteiger partial charge in [0.15, 0.2) is 5.16 Å². The number of benzene rings is 1. The summed E-state index contributed by atoms with van der Waals surface area (Å²) in [5, 5.41) is 8.20. The molecule has 4 aromatic rings. The average molecular weight is 456 g/mol. The number of aromatic nitrogens is 2. The van der Waals surface area contributed by atoms with Gasteiger partial charge in [0.2, 0.25) is 5.91 Å². The molecule has 0 radical (unpaired) electrons. The molecule has 8 heteroatoms. The van der Waals surface area contributed by atoms with Gasteiger partial charge >= 0.3 is 0 Å². The predicted octanol–water partition coefficient (Wildman–Crippen LogP) is 5.00. The summed E-state index contributed by atoms with van der Waals surface area (Å²) in [5.41, 5.74) is 3.09. The van der Waals surface area contributed by atoms with Crippen LogP contribution in [-0.2, 0) is 11.8 Å². The first kappa shape index (κ1) is 20.8. The Hall–Kier alpha value is -2.42. The third kappa shape index (κ3) is 4.08. The molecular weight excluding hydrogens is 434 g/mol. The van der Waals surface area contributed by atoms with E-state index in [-0.39, 0.29) is 23.3 Å². The van der Waals surface area contributed by atoms with Gasteiger partial charge in [0.05, 0.1) is 17.2 Å². The molecule has 5 nitrogen and oxygen atoms in total. The zero-order chi connectivity index (χ0) is 21.3. The van der Waals surface area contributed by atoms with Crippen LogP contribution in [0.3, 0.4) is 0 Å². The fourth-order valence-electron chi connectivity index (χ4n) is 3.36. The zero-order valence-electron chi connectivity index (χ0n) is 16.8. The van der Waals surface area contributed by atoms with Gasteiger partial charge < -0.3 is 5.32 Å². The Kier molecular flexibility index (Phi) is 6.08. The minimum atomic E-state index is -0.0875. The molecule has 30 heavy (non-hydrogen) atoms. The summed E-state index contributed by atoms with van der Waals surface area (Å²) in [6.07, 6.45) is 0. The van der Waals surface area contributed by atoms with Crippen molar-refractivity contribution in [2.24, 2.45) is 7.05 Å². The van der Waals surface area contributed by atoms with Gasteiger partial charge in [0.25, 0.3) is 5.56 Å². The lowest BCUT2D eigenvalue weighted by Crippen LogP contribution is -2.29. The maximum atomic E-state index is 13.0. The Bertz CT molecular complexity index is 1260. The van der Waals surface area contributed by atoms with Crippen molar-refractivity contribution < 1.29 is 4.79 Å². The Morgan fingerprint density at radius 3 is 2.77 bits per heavy atom. The Balaban J connectivity index is 1.50. The lowest BCUT2D eigenvalue weighted by Gasteiger charge is -2.16. The molecule has 0 saturated heterocycles. The standard InChI is InChI=1S/C22H21N3O2S3/c1-13-7-4-5-8-15(13)14(2)23-18(26)12-30-22-24-20-19(21(27)25(22)3)16(11-29-20)17-9-6-10-28-17/h4-11,14H,12H2,1-3H3,(H,23,26). The first-order valence-corrected chi connectivity index (χ1v) is 12.2. The number of thioether (sulfide) groups is 1. The summed E-state index contributed by atoms with van der Waals surface area (Å²) in [5.74, 6) is 0.112. The Labute approximate surface area is 186 Å². The van der Waals surface area contributed by atoms with Crippen LogP contribution >= 0.6 is 34.4 Å². The van der Waals surface area contributed by atoms with E-state index in [2.05, 4.69) is 10.3 Å².